The molecule has 0 saturated heterocycles. The van der Waals surface area contributed by atoms with Gasteiger partial charge in [-0.05, 0) is 35.9 Å². The fraction of sp³-hybridized carbons (Fsp3) is 0.0625. The molecule has 0 bridgehead atoms. The fourth-order valence-corrected chi connectivity index (χ4v) is 2.35. The summed E-state index contributed by atoms with van der Waals surface area (Å²) in [5.41, 5.74) is 5.79. The van der Waals surface area contributed by atoms with Crippen LogP contribution < -0.4 is 5.73 Å². The average molecular weight is 386 g/mol. The quantitative estimate of drug-likeness (QED) is 0.458. The van der Waals surface area contributed by atoms with Gasteiger partial charge in [0.05, 0.1) is 11.1 Å². The lowest BCUT2D eigenvalue weighted by Crippen LogP contribution is -2.05. The van der Waals surface area contributed by atoms with Crippen LogP contribution in [0, 0.1) is 0 Å². The molecule has 0 aromatic heterocycles. The number of hydrogen-bond donors (Lipinski definition) is 2. The summed E-state index contributed by atoms with van der Waals surface area (Å²) in [7, 11) is 0. The van der Waals surface area contributed by atoms with Crippen molar-refractivity contribution in [2.24, 2.45) is 0 Å². The Morgan fingerprint density at radius 1 is 1.13 bits per heavy atom. The summed E-state index contributed by atoms with van der Waals surface area (Å²) in [5.74, 6) is -1.22. The average Bonchev–Trinajstić information content (AvgIpc) is 2.45. The van der Waals surface area contributed by atoms with Crippen LogP contribution in [0.25, 0.3) is 11.6 Å². The minimum Gasteiger partial charge on any atom is -0.478 e. The maximum atomic E-state index is 12.5. The molecule has 0 atom stereocenters. The summed E-state index contributed by atoms with van der Waals surface area (Å²) in [5, 5.41) is 9.35. The van der Waals surface area contributed by atoms with Crippen molar-refractivity contribution >= 4 is 39.2 Å². The maximum Gasteiger partial charge on any atom is 0.416 e. The molecule has 0 aliphatic rings. The Morgan fingerprint density at radius 2 is 1.74 bits per heavy atom. The van der Waals surface area contributed by atoms with Crippen LogP contribution in [0.4, 0.5) is 18.9 Å². The van der Waals surface area contributed by atoms with E-state index in [1.165, 1.54) is 24.3 Å². The molecule has 0 spiro atoms. The molecular formula is C16H11BrF3NO2. The van der Waals surface area contributed by atoms with Gasteiger partial charge in [-0.3, -0.25) is 0 Å². The number of halogens is 4. The van der Waals surface area contributed by atoms with Crippen molar-refractivity contribution in [3.63, 3.8) is 0 Å². The van der Waals surface area contributed by atoms with Crippen molar-refractivity contribution in [3.05, 3.63) is 63.6 Å². The molecule has 2 aromatic rings. The lowest BCUT2D eigenvalue weighted by atomic mass is 10.0. The molecule has 2 rings (SSSR count). The van der Waals surface area contributed by atoms with Crippen LogP contribution >= 0.6 is 15.9 Å². The first-order valence-electron chi connectivity index (χ1n) is 6.36. The lowest BCUT2D eigenvalue weighted by Gasteiger charge is -2.09. The smallest absolute Gasteiger partial charge is 0.416 e. The highest BCUT2D eigenvalue weighted by Gasteiger charge is 2.29. The summed E-state index contributed by atoms with van der Waals surface area (Å²) in [4.78, 5) is 11.5. The molecule has 7 heteroatoms. The van der Waals surface area contributed by atoms with E-state index in [-0.39, 0.29) is 11.3 Å². The van der Waals surface area contributed by atoms with Gasteiger partial charge in [-0.1, -0.05) is 34.1 Å². The van der Waals surface area contributed by atoms with Gasteiger partial charge in [0.15, 0.2) is 0 Å². The van der Waals surface area contributed by atoms with Gasteiger partial charge in [-0.15, -0.1) is 0 Å². The Bertz CT molecular complexity index is 768. The Kier molecular flexibility index (Phi) is 4.79. The van der Waals surface area contributed by atoms with Gasteiger partial charge in [0, 0.05) is 15.7 Å². The molecule has 0 fully saturated rings. The molecule has 0 aliphatic heterocycles. The highest BCUT2D eigenvalue weighted by atomic mass is 79.9. The highest BCUT2D eigenvalue weighted by molar-refractivity contribution is 9.10. The number of alkyl halides is 3. The van der Waals surface area contributed by atoms with Crippen LogP contribution in [-0.2, 0) is 11.0 Å². The van der Waals surface area contributed by atoms with Crippen molar-refractivity contribution in [2.75, 3.05) is 5.73 Å². The third kappa shape index (κ3) is 4.13. The zero-order chi connectivity index (χ0) is 17.2. The van der Waals surface area contributed by atoms with Gasteiger partial charge in [0.1, 0.15) is 0 Å². The molecular weight excluding hydrogens is 375 g/mol. The van der Waals surface area contributed by atoms with Gasteiger partial charge in [0.25, 0.3) is 0 Å². The monoisotopic (exact) mass is 385 g/mol. The SMILES string of the molecule is Nc1cc(Br)ccc1/C(=C\c1ccc(C(F)(F)F)cc1)C(=O)O. The van der Waals surface area contributed by atoms with Crippen LogP contribution in [0.5, 0.6) is 0 Å². The second-order valence-electron chi connectivity index (χ2n) is 4.71. The first-order chi connectivity index (χ1) is 10.7. The van der Waals surface area contributed by atoms with Crippen molar-refractivity contribution in [3.8, 4) is 0 Å². The molecule has 3 N–H and O–H groups in total. The van der Waals surface area contributed by atoms with Crippen LogP contribution in [0.3, 0.4) is 0 Å². The predicted molar refractivity (Wildman–Crippen MR) is 85.5 cm³/mol. The summed E-state index contributed by atoms with van der Waals surface area (Å²) in [6.45, 7) is 0. The first kappa shape index (κ1) is 17.1. The van der Waals surface area contributed by atoms with Gasteiger partial charge in [-0.25, -0.2) is 4.79 Å². The number of carboxylic acids is 1. The van der Waals surface area contributed by atoms with Crippen molar-refractivity contribution in [1.29, 1.82) is 0 Å². The first-order valence-corrected chi connectivity index (χ1v) is 7.15. The van der Waals surface area contributed by atoms with Crippen LogP contribution in [0.15, 0.2) is 46.9 Å². The van der Waals surface area contributed by atoms with Crippen LogP contribution in [-0.4, -0.2) is 11.1 Å². The van der Waals surface area contributed by atoms with Crippen LogP contribution in [0.2, 0.25) is 0 Å². The number of anilines is 1. The summed E-state index contributed by atoms with van der Waals surface area (Å²) >= 11 is 3.22. The summed E-state index contributed by atoms with van der Waals surface area (Å²) in [6.07, 6.45) is -3.16. The van der Waals surface area contributed by atoms with E-state index >= 15 is 0 Å². The third-order valence-corrected chi connectivity index (χ3v) is 3.58. The molecule has 2 aromatic carbocycles. The highest BCUT2D eigenvalue weighted by Crippen LogP contribution is 2.30. The van der Waals surface area contributed by atoms with Crippen molar-refractivity contribution < 1.29 is 23.1 Å². The normalized spacial score (nSPS) is 12.3. The lowest BCUT2D eigenvalue weighted by molar-refractivity contribution is -0.137. The second kappa shape index (κ2) is 6.45. The van der Waals surface area contributed by atoms with E-state index in [0.717, 1.165) is 12.1 Å². The summed E-state index contributed by atoms with van der Waals surface area (Å²) in [6, 6.07) is 8.94. The zero-order valence-corrected chi connectivity index (χ0v) is 13.1. The molecule has 0 saturated carbocycles. The fourth-order valence-electron chi connectivity index (χ4n) is 1.97. The number of carboxylic acid groups (broad SMARTS) is 1. The molecule has 0 unspecified atom stereocenters. The summed E-state index contributed by atoms with van der Waals surface area (Å²) < 4.78 is 38.3. The number of nitrogens with two attached hydrogens (primary N) is 1. The van der Waals surface area contributed by atoms with E-state index in [9.17, 15) is 23.1 Å². The predicted octanol–water partition coefficient (Wildman–Crippen LogP) is 4.68. The minimum atomic E-state index is -4.44. The van der Waals surface area contributed by atoms with Crippen molar-refractivity contribution in [1.82, 2.24) is 0 Å². The van der Waals surface area contributed by atoms with E-state index in [4.69, 9.17) is 5.73 Å². The number of carbonyl (C=O) groups is 1. The molecule has 0 radical (unpaired) electrons. The minimum absolute atomic E-state index is 0.102. The molecule has 0 aliphatic carbocycles. The van der Waals surface area contributed by atoms with Gasteiger partial charge < -0.3 is 10.8 Å². The molecule has 23 heavy (non-hydrogen) atoms. The largest absolute Gasteiger partial charge is 0.478 e. The molecule has 3 nitrogen and oxygen atoms in total. The Labute approximate surface area is 138 Å². The molecule has 0 heterocycles. The van der Waals surface area contributed by atoms with E-state index < -0.39 is 17.7 Å². The third-order valence-electron chi connectivity index (χ3n) is 3.08. The zero-order valence-electron chi connectivity index (χ0n) is 11.6. The van der Waals surface area contributed by atoms with Crippen molar-refractivity contribution in [2.45, 2.75) is 6.18 Å². The number of nitrogen functional groups attached to an aromatic ring is 1. The van der Waals surface area contributed by atoms with Crippen LogP contribution in [0.1, 0.15) is 16.7 Å². The number of aliphatic carboxylic acids is 1. The second-order valence-corrected chi connectivity index (χ2v) is 5.63. The van der Waals surface area contributed by atoms with Gasteiger partial charge >= 0.3 is 12.1 Å². The Morgan fingerprint density at radius 3 is 2.22 bits per heavy atom. The Hall–Kier alpha value is -2.28. The molecule has 120 valence electrons. The Balaban J connectivity index is 2.45. The van der Waals surface area contributed by atoms with E-state index in [2.05, 4.69) is 15.9 Å². The van der Waals surface area contributed by atoms with Gasteiger partial charge in [-0.2, -0.15) is 13.2 Å². The molecule has 0 amide bonds. The number of benzene rings is 2. The standard InChI is InChI=1S/C16H11BrF3NO2/c17-11-5-6-12(14(21)8-11)13(15(22)23)7-9-1-3-10(4-2-9)16(18,19)20/h1-8H,21H2,(H,22,23)/b13-7+. The maximum absolute atomic E-state index is 12.5. The van der Waals surface area contributed by atoms with E-state index in [0.29, 0.717) is 15.6 Å². The van der Waals surface area contributed by atoms with E-state index in [1.54, 1.807) is 12.1 Å². The van der Waals surface area contributed by atoms with E-state index in [1.807, 2.05) is 0 Å². The van der Waals surface area contributed by atoms with Gasteiger partial charge in [0.2, 0.25) is 0 Å². The number of hydrogen-bond acceptors (Lipinski definition) is 2. The number of rotatable bonds is 3. The topological polar surface area (TPSA) is 63.3 Å².